The van der Waals surface area contributed by atoms with Crippen LogP contribution in [0.3, 0.4) is 0 Å². The molecule has 3 amide bonds. The van der Waals surface area contributed by atoms with Gasteiger partial charge in [-0.1, -0.05) is 42.5 Å². The maximum atomic E-state index is 13.4. The normalized spacial score (nSPS) is 18.2. The number of phenolic OH excluding ortho intramolecular Hbond substituents is 1. The topological polar surface area (TPSA) is 182 Å². The highest BCUT2D eigenvalue weighted by Crippen LogP contribution is 2.19. The number of benzene rings is 2. The summed E-state index contributed by atoms with van der Waals surface area (Å²) in [5, 5.41) is 34.5. The summed E-state index contributed by atoms with van der Waals surface area (Å²) in [5.74, 6) is -3.17. The molecule has 1 fully saturated rings. The molecule has 2 aromatic rings. The fraction of sp³-hybridized carbons (Fsp3) is 0.407. The third-order valence-corrected chi connectivity index (χ3v) is 6.51. The number of amides is 3. The minimum Gasteiger partial charge on any atom is -0.508 e. The van der Waals surface area contributed by atoms with Crippen molar-refractivity contribution in [3.63, 3.8) is 0 Å². The number of nitrogens with zero attached hydrogens (tertiary/aromatic N) is 1. The van der Waals surface area contributed by atoms with Crippen molar-refractivity contribution in [2.45, 2.75) is 62.9 Å². The number of carbonyl (C=O) groups excluding carboxylic acids is 3. The second-order valence-electron chi connectivity index (χ2n) is 9.48. The maximum Gasteiger partial charge on any atom is 0.326 e. The summed E-state index contributed by atoms with van der Waals surface area (Å²) in [7, 11) is 0. The average Bonchev–Trinajstić information content (AvgIpc) is 3.38. The summed E-state index contributed by atoms with van der Waals surface area (Å²) in [4.78, 5) is 52.2. The number of rotatable bonds is 11. The fourth-order valence-corrected chi connectivity index (χ4v) is 4.42. The molecular formula is C27H34N4O7. The van der Waals surface area contributed by atoms with Crippen molar-refractivity contribution in [2.24, 2.45) is 5.73 Å². The van der Waals surface area contributed by atoms with Gasteiger partial charge in [0.05, 0.1) is 12.1 Å². The number of nitrogens with two attached hydrogens (primary N) is 1. The van der Waals surface area contributed by atoms with E-state index >= 15 is 0 Å². The molecule has 0 radical (unpaired) electrons. The Morgan fingerprint density at radius 3 is 2.21 bits per heavy atom. The van der Waals surface area contributed by atoms with Crippen molar-refractivity contribution in [2.75, 3.05) is 6.54 Å². The zero-order chi connectivity index (χ0) is 27.8. The van der Waals surface area contributed by atoms with Crippen molar-refractivity contribution < 1.29 is 34.5 Å². The molecule has 1 aliphatic heterocycles. The Balaban J connectivity index is 1.77. The van der Waals surface area contributed by atoms with Crippen molar-refractivity contribution in [3.8, 4) is 5.75 Å². The molecule has 0 spiro atoms. The first-order valence-electron chi connectivity index (χ1n) is 12.5. The largest absolute Gasteiger partial charge is 0.508 e. The van der Waals surface area contributed by atoms with Crippen LogP contribution in [-0.4, -0.2) is 80.7 Å². The first kappa shape index (κ1) is 28.6. The molecule has 1 aliphatic rings. The van der Waals surface area contributed by atoms with Gasteiger partial charge < -0.3 is 36.6 Å². The number of hydrogen-bond donors (Lipinski definition) is 6. The first-order valence-corrected chi connectivity index (χ1v) is 12.5. The number of aliphatic hydroxyl groups is 1. The highest BCUT2D eigenvalue weighted by Gasteiger charge is 2.40. The van der Waals surface area contributed by atoms with Gasteiger partial charge in [-0.15, -0.1) is 0 Å². The molecule has 3 rings (SSSR count). The molecule has 5 atom stereocenters. The second kappa shape index (κ2) is 13.0. The highest BCUT2D eigenvalue weighted by atomic mass is 16.4. The molecule has 204 valence electrons. The van der Waals surface area contributed by atoms with Crippen molar-refractivity contribution in [1.29, 1.82) is 0 Å². The summed E-state index contributed by atoms with van der Waals surface area (Å²) in [6.45, 7) is 1.51. The van der Waals surface area contributed by atoms with Crippen LogP contribution in [0.25, 0.3) is 0 Å². The molecule has 0 aliphatic carbocycles. The molecule has 5 unspecified atom stereocenters. The minimum absolute atomic E-state index is 0.0120. The number of likely N-dealkylation sites (tertiary alicyclic amines) is 1. The van der Waals surface area contributed by atoms with E-state index in [1.807, 2.05) is 30.3 Å². The molecule has 0 bridgehead atoms. The van der Waals surface area contributed by atoms with Crippen molar-refractivity contribution in [1.82, 2.24) is 15.5 Å². The van der Waals surface area contributed by atoms with Crippen LogP contribution >= 0.6 is 0 Å². The summed E-state index contributed by atoms with van der Waals surface area (Å²) in [6, 6.07) is 10.6. The Bertz CT molecular complexity index is 1120. The number of aliphatic carboxylic acids is 1. The van der Waals surface area contributed by atoms with Crippen molar-refractivity contribution >= 4 is 23.7 Å². The van der Waals surface area contributed by atoms with E-state index in [9.17, 15) is 34.5 Å². The highest BCUT2D eigenvalue weighted by molar-refractivity contribution is 5.94. The van der Waals surface area contributed by atoms with E-state index in [1.54, 1.807) is 12.1 Å². The Hall–Kier alpha value is -3.96. The lowest BCUT2D eigenvalue weighted by Gasteiger charge is -2.30. The lowest BCUT2D eigenvalue weighted by Crippen LogP contribution is -2.60. The predicted molar refractivity (Wildman–Crippen MR) is 138 cm³/mol. The van der Waals surface area contributed by atoms with E-state index in [4.69, 9.17) is 5.73 Å². The van der Waals surface area contributed by atoms with Gasteiger partial charge in [0.15, 0.2) is 0 Å². The molecule has 11 nitrogen and oxygen atoms in total. The molecule has 11 heteroatoms. The van der Waals surface area contributed by atoms with Gasteiger partial charge in [-0.3, -0.25) is 14.4 Å². The van der Waals surface area contributed by atoms with Gasteiger partial charge in [0.1, 0.15) is 23.9 Å². The zero-order valence-electron chi connectivity index (χ0n) is 21.1. The Morgan fingerprint density at radius 2 is 1.61 bits per heavy atom. The summed E-state index contributed by atoms with van der Waals surface area (Å²) in [5.41, 5.74) is 7.56. The van der Waals surface area contributed by atoms with E-state index in [0.29, 0.717) is 12.0 Å². The van der Waals surface area contributed by atoms with E-state index in [2.05, 4.69) is 10.6 Å². The molecule has 2 aromatic carbocycles. The number of nitrogens with one attached hydrogen (secondary N) is 2. The van der Waals surface area contributed by atoms with Crippen LogP contribution in [0.1, 0.15) is 30.9 Å². The van der Waals surface area contributed by atoms with Gasteiger partial charge >= 0.3 is 5.97 Å². The minimum atomic E-state index is -1.42. The SMILES string of the molecule is CC(O)C(NC(=O)C(Cc1ccc(O)cc1)NC(=O)C(N)Cc1ccccc1)C(=O)N1CCCC1C(=O)O. The number of aromatic hydroxyl groups is 1. The third kappa shape index (κ3) is 7.53. The van der Waals surface area contributed by atoms with Gasteiger partial charge in [-0.05, 0) is 49.4 Å². The van der Waals surface area contributed by atoms with Crippen LogP contribution in [0.15, 0.2) is 54.6 Å². The fourth-order valence-electron chi connectivity index (χ4n) is 4.42. The standard InChI is InChI=1S/C27H34N4O7/c1-16(32)23(26(36)31-13-5-8-22(31)27(37)38)30-25(35)21(15-18-9-11-19(33)12-10-18)29-24(34)20(28)14-17-6-3-2-4-7-17/h2-4,6-7,9-12,16,20-23,32-33H,5,8,13-15,28H2,1H3,(H,29,34)(H,30,35)(H,37,38). The Labute approximate surface area is 220 Å². The van der Waals surface area contributed by atoms with Crippen LogP contribution < -0.4 is 16.4 Å². The van der Waals surface area contributed by atoms with Crippen LogP contribution in [0.5, 0.6) is 5.75 Å². The number of carboxylic acids is 1. The lowest BCUT2D eigenvalue weighted by molar-refractivity contribution is -0.150. The average molecular weight is 527 g/mol. The number of aliphatic hydroxyl groups excluding tert-OH is 1. The molecule has 7 N–H and O–H groups in total. The van der Waals surface area contributed by atoms with Gasteiger partial charge in [0.2, 0.25) is 17.7 Å². The van der Waals surface area contributed by atoms with Gasteiger partial charge in [-0.25, -0.2) is 4.79 Å². The monoisotopic (exact) mass is 526 g/mol. The lowest BCUT2D eigenvalue weighted by atomic mass is 10.0. The Morgan fingerprint density at radius 1 is 0.974 bits per heavy atom. The van der Waals surface area contributed by atoms with E-state index in [0.717, 1.165) is 10.5 Å². The molecule has 38 heavy (non-hydrogen) atoms. The predicted octanol–water partition coefficient (Wildman–Crippen LogP) is -0.0693. The molecular weight excluding hydrogens is 492 g/mol. The molecule has 1 heterocycles. The van der Waals surface area contributed by atoms with Gasteiger partial charge in [0, 0.05) is 13.0 Å². The summed E-state index contributed by atoms with van der Waals surface area (Å²) >= 11 is 0. The van der Waals surface area contributed by atoms with E-state index in [1.165, 1.54) is 19.1 Å². The number of hydrogen-bond acceptors (Lipinski definition) is 7. The first-order chi connectivity index (χ1) is 18.1. The quantitative estimate of drug-likeness (QED) is 0.235. The summed E-state index contributed by atoms with van der Waals surface area (Å²) < 4.78 is 0. The van der Waals surface area contributed by atoms with Crippen molar-refractivity contribution in [3.05, 3.63) is 65.7 Å². The number of phenols is 1. The third-order valence-electron chi connectivity index (χ3n) is 6.51. The smallest absolute Gasteiger partial charge is 0.326 e. The van der Waals surface area contributed by atoms with Gasteiger partial charge in [0.25, 0.3) is 0 Å². The van der Waals surface area contributed by atoms with Crippen LogP contribution in [0.4, 0.5) is 0 Å². The summed E-state index contributed by atoms with van der Waals surface area (Å²) in [6.07, 6.45) is -0.312. The molecule has 0 aromatic heterocycles. The molecule has 1 saturated heterocycles. The van der Waals surface area contributed by atoms with Gasteiger partial charge in [-0.2, -0.15) is 0 Å². The van der Waals surface area contributed by atoms with E-state index < -0.39 is 54.0 Å². The zero-order valence-corrected chi connectivity index (χ0v) is 21.1. The Kier molecular flexibility index (Phi) is 9.80. The number of carboxylic acid groups (broad SMARTS) is 1. The second-order valence-corrected chi connectivity index (χ2v) is 9.48. The van der Waals surface area contributed by atoms with Crippen LogP contribution in [0, 0.1) is 0 Å². The molecule has 0 saturated carbocycles. The van der Waals surface area contributed by atoms with Crippen LogP contribution in [0.2, 0.25) is 0 Å². The maximum absolute atomic E-state index is 13.4. The number of carbonyl (C=O) groups is 4. The van der Waals surface area contributed by atoms with Crippen LogP contribution in [-0.2, 0) is 32.0 Å². The van der Waals surface area contributed by atoms with E-state index in [-0.39, 0.29) is 31.6 Å².